The van der Waals surface area contributed by atoms with Gasteiger partial charge in [0.1, 0.15) is 11.5 Å². The molecular weight excluding hydrogens is 356 g/mol. The molecule has 10 heteroatoms. The number of nitro benzene ring substituents is 1. The lowest BCUT2D eigenvalue weighted by Crippen LogP contribution is -2.45. The molecule has 0 aliphatic heterocycles. The molecule has 27 heavy (non-hydrogen) atoms. The van der Waals surface area contributed by atoms with Crippen molar-refractivity contribution in [1.29, 1.82) is 0 Å². The van der Waals surface area contributed by atoms with Gasteiger partial charge in [-0.25, -0.2) is 0 Å². The number of nitro groups is 1. The predicted molar refractivity (Wildman–Crippen MR) is 96.4 cm³/mol. The number of nitrogens with zero attached hydrogens (tertiary/aromatic N) is 1. The van der Waals surface area contributed by atoms with Gasteiger partial charge in [0, 0.05) is 23.9 Å². The number of anilines is 1. The van der Waals surface area contributed by atoms with E-state index in [0.29, 0.717) is 17.2 Å². The number of carbonyl (C=O) groups excluding carboxylic acids is 2. The summed E-state index contributed by atoms with van der Waals surface area (Å²) in [6.45, 7) is -0.419. The first-order valence-electron chi connectivity index (χ1n) is 7.81. The van der Waals surface area contributed by atoms with Gasteiger partial charge in [0.2, 0.25) is 0 Å². The minimum atomic E-state index is -0.580. The van der Waals surface area contributed by atoms with Gasteiger partial charge in [-0.1, -0.05) is 6.07 Å². The molecule has 2 aromatic rings. The van der Waals surface area contributed by atoms with Crippen LogP contribution in [0.4, 0.5) is 11.4 Å². The molecular formula is C17H18N4O6. The first-order valence-corrected chi connectivity index (χ1v) is 7.81. The number of non-ortho nitro benzene ring substituents is 1. The highest BCUT2D eigenvalue weighted by Gasteiger charge is 2.08. The quantitative estimate of drug-likeness (QED) is 0.468. The molecule has 0 heterocycles. The molecule has 0 fully saturated rings. The fourth-order valence-electron chi connectivity index (χ4n) is 1.95. The number of hydrogen-bond donors (Lipinski definition) is 3. The van der Waals surface area contributed by atoms with Crippen molar-refractivity contribution < 1.29 is 24.0 Å². The molecule has 0 unspecified atom stereocenters. The fourth-order valence-corrected chi connectivity index (χ4v) is 1.95. The van der Waals surface area contributed by atoms with Crippen molar-refractivity contribution in [2.45, 2.75) is 0 Å². The molecule has 2 amide bonds. The highest BCUT2D eigenvalue weighted by Crippen LogP contribution is 2.17. The Hall–Kier alpha value is -3.82. The monoisotopic (exact) mass is 374 g/mol. The second kappa shape index (κ2) is 9.61. The van der Waals surface area contributed by atoms with E-state index in [0.717, 1.165) is 0 Å². The lowest BCUT2D eigenvalue weighted by Gasteiger charge is -2.10. The van der Waals surface area contributed by atoms with Gasteiger partial charge in [-0.05, 0) is 24.3 Å². The van der Waals surface area contributed by atoms with Gasteiger partial charge in [-0.2, -0.15) is 0 Å². The molecule has 0 bridgehead atoms. The van der Waals surface area contributed by atoms with Gasteiger partial charge in [0.15, 0.2) is 6.61 Å². The van der Waals surface area contributed by atoms with E-state index < -0.39 is 16.7 Å². The van der Waals surface area contributed by atoms with Crippen LogP contribution in [0.5, 0.6) is 11.5 Å². The van der Waals surface area contributed by atoms with Gasteiger partial charge in [-0.15, -0.1) is 0 Å². The minimum absolute atomic E-state index is 0.0589. The number of hydrogen-bond acceptors (Lipinski definition) is 7. The van der Waals surface area contributed by atoms with Crippen molar-refractivity contribution in [2.24, 2.45) is 0 Å². The third-order valence-electron chi connectivity index (χ3n) is 3.28. The largest absolute Gasteiger partial charge is 0.497 e. The van der Waals surface area contributed by atoms with Gasteiger partial charge in [0.05, 0.1) is 18.6 Å². The van der Waals surface area contributed by atoms with Crippen LogP contribution >= 0.6 is 0 Å². The second-order valence-electron chi connectivity index (χ2n) is 5.22. The highest BCUT2D eigenvalue weighted by molar-refractivity contribution is 5.85. The average molecular weight is 374 g/mol. The topological polar surface area (TPSA) is 132 Å². The smallest absolute Gasteiger partial charge is 0.276 e. The van der Waals surface area contributed by atoms with Crippen molar-refractivity contribution in [3.63, 3.8) is 0 Å². The van der Waals surface area contributed by atoms with E-state index in [1.807, 2.05) is 0 Å². The maximum atomic E-state index is 11.7. The van der Waals surface area contributed by atoms with Gasteiger partial charge < -0.3 is 14.8 Å². The van der Waals surface area contributed by atoms with Gasteiger partial charge >= 0.3 is 0 Å². The third-order valence-corrected chi connectivity index (χ3v) is 3.28. The van der Waals surface area contributed by atoms with E-state index in [9.17, 15) is 19.7 Å². The van der Waals surface area contributed by atoms with Crippen molar-refractivity contribution in [2.75, 3.05) is 25.6 Å². The molecule has 0 saturated carbocycles. The van der Waals surface area contributed by atoms with E-state index in [1.165, 1.54) is 24.3 Å². The van der Waals surface area contributed by atoms with Crippen LogP contribution in [0.2, 0.25) is 0 Å². The minimum Gasteiger partial charge on any atom is -0.497 e. The number of nitrogens with one attached hydrogen (secondary N) is 3. The molecule has 0 spiro atoms. The van der Waals surface area contributed by atoms with Crippen LogP contribution in [0.25, 0.3) is 0 Å². The summed E-state index contributed by atoms with van der Waals surface area (Å²) in [5.41, 5.74) is 5.06. The molecule has 0 radical (unpaired) electrons. The Labute approximate surface area is 154 Å². The summed E-state index contributed by atoms with van der Waals surface area (Å²) in [4.78, 5) is 33.4. The fraction of sp³-hybridized carbons (Fsp3) is 0.176. The standard InChI is InChI=1S/C17H18N4O6/c1-26-15-4-2-3-12(9-15)18-10-16(22)19-20-17(23)11-27-14-7-5-13(6-8-14)21(24)25/h2-9,18H,10-11H2,1H3,(H,19,22)(H,20,23). The van der Waals surface area contributed by atoms with E-state index in [1.54, 1.807) is 31.4 Å². The summed E-state index contributed by atoms with van der Waals surface area (Å²) in [7, 11) is 1.54. The Kier molecular flexibility index (Phi) is 6.94. The van der Waals surface area contributed by atoms with Crippen LogP contribution < -0.4 is 25.6 Å². The van der Waals surface area contributed by atoms with E-state index in [4.69, 9.17) is 9.47 Å². The number of rotatable bonds is 8. The van der Waals surface area contributed by atoms with Crippen molar-refractivity contribution in [3.8, 4) is 11.5 Å². The van der Waals surface area contributed by atoms with Crippen LogP contribution in [0.1, 0.15) is 0 Å². The zero-order valence-electron chi connectivity index (χ0n) is 14.4. The third kappa shape index (κ3) is 6.53. The molecule has 0 atom stereocenters. The molecule has 10 nitrogen and oxygen atoms in total. The second-order valence-corrected chi connectivity index (χ2v) is 5.22. The Morgan fingerprint density at radius 2 is 1.74 bits per heavy atom. The average Bonchev–Trinajstić information content (AvgIpc) is 2.69. The Morgan fingerprint density at radius 1 is 1.04 bits per heavy atom. The summed E-state index contributed by atoms with van der Waals surface area (Å²) >= 11 is 0. The maximum absolute atomic E-state index is 11.7. The number of methoxy groups -OCH3 is 1. The first kappa shape index (κ1) is 19.5. The molecule has 3 N–H and O–H groups in total. The van der Waals surface area contributed by atoms with E-state index in [2.05, 4.69) is 16.2 Å². The van der Waals surface area contributed by atoms with Crippen molar-refractivity contribution in [3.05, 3.63) is 58.6 Å². The Bertz CT molecular complexity index is 809. The lowest BCUT2D eigenvalue weighted by molar-refractivity contribution is -0.384. The number of carbonyl (C=O) groups is 2. The molecule has 2 rings (SSSR count). The molecule has 2 aromatic carbocycles. The highest BCUT2D eigenvalue weighted by atomic mass is 16.6. The Balaban J connectivity index is 1.68. The van der Waals surface area contributed by atoms with Crippen LogP contribution in [-0.4, -0.2) is 37.0 Å². The van der Waals surface area contributed by atoms with Gasteiger partial charge in [0.25, 0.3) is 17.5 Å². The lowest BCUT2D eigenvalue weighted by atomic mass is 10.3. The predicted octanol–water partition coefficient (Wildman–Crippen LogP) is 1.24. The van der Waals surface area contributed by atoms with Crippen LogP contribution in [0.15, 0.2) is 48.5 Å². The number of ether oxygens (including phenoxy) is 2. The SMILES string of the molecule is COc1cccc(NCC(=O)NNC(=O)COc2ccc([N+](=O)[O-])cc2)c1. The number of hydrazine groups is 1. The summed E-state index contributed by atoms with van der Waals surface area (Å²) in [6.07, 6.45) is 0. The van der Waals surface area contributed by atoms with Crippen LogP contribution in [0.3, 0.4) is 0 Å². The maximum Gasteiger partial charge on any atom is 0.276 e. The Morgan fingerprint density at radius 3 is 2.41 bits per heavy atom. The zero-order valence-corrected chi connectivity index (χ0v) is 14.4. The number of amides is 2. The summed E-state index contributed by atoms with van der Waals surface area (Å²) < 4.78 is 10.3. The number of benzene rings is 2. The van der Waals surface area contributed by atoms with Crippen molar-refractivity contribution >= 4 is 23.2 Å². The molecule has 0 saturated heterocycles. The molecule has 0 aliphatic carbocycles. The molecule has 0 aromatic heterocycles. The van der Waals surface area contributed by atoms with Crippen LogP contribution in [0, 0.1) is 10.1 Å². The van der Waals surface area contributed by atoms with E-state index in [-0.39, 0.29) is 18.8 Å². The van der Waals surface area contributed by atoms with E-state index >= 15 is 0 Å². The van der Waals surface area contributed by atoms with Crippen LogP contribution in [-0.2, 0) is 9.59 Å². The summed E-state index contributed by atoms with van der Waals surface area (Å²) in [6, 6.07) is 12.3. The summed E-state index contributed by atoms with van der Waals surface area (Å²) in [5.74, 6) is -0.0940. The van der Waals surface area contributed by atoms with Crippen molar-refractivity contribution in [1.82, 2.24) is 10.9 Å². The zero-order chi connectivity index (χ0) is 19.6. The summed E-state index contributed by atoms with van der Waals surface area (Å²) in [5, 5.41) is 13.4. The first-order chi connectivity index (χ1) is 13.0. The molecule has 142 valence electrons. The normalized spacial score (nSPS) is 9.81. The molecule has 0 aliphatic rings. The van der Waals surface area contributed by atoms with Gasteiger partial charge in [-0.3, -0.25) is 30.6 Å².